The highest BCUT2D eigenvalue weighted by Gasteiger charge is 2.05. The lowest BCUT2D eigenvalue weighted by atomic mass is 10.1. The Balaban J connectivity index is 2.54. The quantitative estimate of drug-likeness (QED) is 0.789. The van der Waals surface area contributed by atoms with E-state index in [2.05, 4.69) is 40.9 Å². The molecule has 1 aromatic heterocycles. The number of rotatable bonds is 1. The van der Waals surface area contributed by atoms with Gasteiger partial charge in [0.2, 0.25) is 5.95 Å². The van der Waals surface area contributed by atoms with Gasteiger partial charge in [0.15, 0.2) is 5.82 Å². The lowest BCUT2D eigenvalue weighted by Crippen LogP contribution is -2.02. The van der Waals surface area contributed by atoms with E-state index in [1.807, 2.05) is 13.0 Å². The van der Waals surface area contributed by atoms with E-state index in [4.69, 9.17) is 5.73 Å². The number of aryl methyl sites for hydroxylation is 3. The second-order valence-corrected chi connectivity index (χ2v) is 3.86. The Hall–Kier alpha value is -1.97. The van der Waals surface area contributed by atoms with Gasteiger partial charge in [-0.3, -0.25) is 0 Å². The molecule has 82 valence electrons. The van der Waals surface area contributed by atoms with E-state index in [9.17, 15) is 0 Å². The largest absolute Gasteiger partial charge is 0.368 e. The van der Waals surface area contributed by atoms with Crippen LogP contribution < -0.4 is 5.73 Å². The fourth-order valence-electron chi connectivity index (χ4n) is 1.51. The molecule has 16 heavy (non-hydrogen) atoms. The summed E-state index contributed by atoms with van der Waals surface area (Å²) >= 11 is 0. The average molecular weight is 214 g/mol. The van der Waals surface area contributed by atoms with E-state index in [1.54, 1.807) is 0 Å². The lowest BCUT2D eigenvalue weighted by Gasteiger charge is -2.05. The van der Waals surface area contributed by atoms with Gasteiger partial charge in [-0.25, -0.2) is 4.98 Å². The molecule has 0 unspecified atom stereocenters. The summed E-state index contributed by atoms with van der Waals surface area (Å²) in [6.45, 7) is 5.95. The molecule has 0 saturated heterocycles. The van der Waals surface area contributed by atoms with Crippen molar-refractivity contribution in [2.24, 2.45) is 0 Å². The van der Waals surface area contributed by atoms with Gasteiger partial charge in [-0.05, 0) is 38.0 Å². The first-order valence-corrected chi connectivity index (χ1v) is 5.12. The minimum Gasteiger partial charge on any atom is -0.368 e. The molecule has 2 N–H and O–H groups in total. The number of hydrogen-bond donors (Lipinski definition) is 1. The highest BCUT2D eigenvalue weighted by Crippen LogP contribution is 2.19. The molecule has 2 rings (SSSR count). The van der Waals surface area contributed by atoms with Crippen LogP contribution in [0.2, 0.25) is 0 Å². The Morgan fingerprint density at radius 2 is 1.69 bits per heavy atom. The number of nitrogen functional groups attached to an aromatic ring is 1. The molecule has 0 aliphatic heterocycles. The first-order chi connectivity index (χ1) is 7.56. The van der Waals surface area contributed by atoms with Crippen LogP contribution in [0, 0.1) is 20.8 Å². The van der Waals surface area contributed by atoms with Crippen LogP contribution in [0.5, 0.6) is 0 Å². The van der Waals surface area contributed by atoms with Crippen LogP contribution >= 0.6 is 0 Å². The monoisotopic (exact) mass is 214 g/mol. The SMILES string of the molecule is Cc1nc(N)nc(-c2ccc(C)c(C)c2)n1. The fraction of sp³-hybridized carbons (Fsp3) is 0.250. The molecule has 0 bridgehead atoms. The second kappa shape index (κ2) is 3.89. The number of nitrogens with two attached hydrogens (primary N) is 1. The number of hydrogen-bond acceptors (Lipinski definition) is 4. The van der Waals surface area contributed by atoms with Gasteiger partial charge >= 0.3 is 0 Å². The van der Waals surface area contributed by atoms with E-state index in [0.717, 1.165) is 5.56 Å². The Morgan fingerprint density at radius 1 is 0.938 bits per heavy atom. The minimum absolute atomic E-state index is 0.265. The highest BCUT2D eigenvalue weighted by atomic mass is 15.1. The maximum absolute atomic E-state index is 5.60. The first kappa shape index (κ1) is 10.5. The summed E-state index contributed by atoms with van der Waals surface area (Å²) in [6.07, 6.45) is 0. The van der Waals surface area contributed by atoms with Gasteiger partial charge in [0, 0.05) is 5.56 Å². The molecule has 2 aromatic rings. The number of nitrogens with zero attached hydrogens (tertiary/aromatic N) is 3. The first-order valence-electron chi connectivity index (χ1n) is 5.12. The summed E-state index contributed by atoms with van der Waals surface area (Å²) in [5.74, 6) is 1.54. The zero-order chi connectivity index (χ0) is 11.7. The summed E-state index contributed by atoms with van der Waals surface area (Å²) in [5, 5.41) is 0. The summed E-state index contributed by atoms with van der Waals surface area (Å²) in [6, 6.07) is 6.11. The molecule has 0 aliphatic rings. The van der Waals surface area contributed by atoms with Crippen molar-refractivity contribution in [2.75, 3.05) is 5.73 Å². The third kappa shape index (κ3) is 2.00. The van der Waals surface area contributed by atoms with Gasteiger partial charge in [-0.1, -0.05) is 12.1 Å². The van der Waals surface area contributed by atoms with Crippen LogP contribution in [0.1, 0.15) is 17.0 Å². The fourth-order valence-corrected chi connectivity index (χ4v) is 1.51. The third-order valence-corrected chi connectivity index (χ3v) is 2.53. The van der Waals surface area contributed by atoms with Crippen LogP contribution in [-0.2, 0) is 0 Å². The van der Waals surface area contributed by atoms with E-state index in [-0.39, 0.29) is 5.95 Å². The van der Waals surface area contributed by atoms with Crippen molar-refractivity contribution >= 4 is 5.95 Å². The molecular weight excluding hydrogens is 200 g/mol. The molecule has 0 amide bonds. The van der Waals surface area contributed by atoms with Crippen LogP contribution in [0.25, 0.3) is 11.4 Å². The predicted octanol–water partition coefficient (Wildman–Crippen LogP) is 2.05. The molecule has 0 fully saturated rings. The standard InChI is InChI=1S/C12H14N4/c1-7-4-5-10(6-8(7)2)11-14-9(3)15-12(13)16-11/h4-6H,1-3H3,(H2,13,14,15,16). The van der Waals surface area contributed by atoms with Crippen molar-refractivity contribution < 1.29 is 0 Å². The maximum Gasteiger partial charge on any atom is 0.223 e. The molecule has 0 spiro atoms. The molecule has 1 heterocycles. The van der Waals surface area contributed by atoms with Gasteiger partial charge in [0.1, 0.15) is 5.82 Å². The van der Waals surface area contributed by atoms with Crippen LogP contribution in [-0.4, -0.2) is 15.0 Å². The van der Waals surface area contributed by atoms with Gasteiger partial charge in [-0.15, -0.1) is 0 Å². The molecule has 0 radical (unpaired) electrons. The van der Waals surface area contributed by atoms with Crippen molar-refractivity contribution in [3.05, 3.63) is 35.2 Å². The number of benzene rings is 1. The Morgan fingerprint density at radius 3 is 2.31 bits per heavy atom. The van der Waals surface area contributed by atoms with Crippen LogP contribution in [0.15, 0.2) is 18.2 Å². The smallest absolute Gasteiger partial charge is 0.223 e. The molecular formula is C12H14N4. The van der Waals surface area contributed by atoms with Crippen LogP contribution in [0.4, 0.5) is 5.95 Å². The lowest BCUT2D eigenvalue weighted by molar-refractivity contribution is 0.996. The summed E-state index contributed by atoms with van der Waals surface area (Å²) in [7, 11) is 0. The van der Waals surface area contributed by atoms with E-state index in [1.165, 1.54) is 11.1 Å². The van der Waals surface area contributed by atoms with Gasteiger partial charge in [0.25, 0.3) is 0 Å². The second-order valence-electron chi connectivity index (χ2n) is 3.86. The highest BCUT2D eigenvalue weighted by molar-refractivity contribution is 5.58. The van der Waals surface area contributed by atoms with E-state index >= 15 is 0 Å². The summed E-state index contributed by atoms with van der Waals surface area (Å²) in [4.78, 5) is 12.4. The summed E-state index contributed by atoms with van der Waals surface area (Å²) < 4.78 is 0. The number of aromatic nitrogens is 3. The minimum atomic E-state index is 0.265. The van der Waals surface area contributed by atoms with Gasteiger partial charge in [0.05, 0.1) is 0 Å². The van der Waals surface area contributed by atoms with E-state index in [0.29, 0.717) is 11.6 Å². The van der Waals surface area contributed by atoms with Crippen molar-refractivity contribution in [2.45, 2.75) is 20.8 Å². The normalized spacial score (nSPS) is 10.4. The molecule has 0 saturated carbocycles. The van der Waals surface area contributed by atoms with Crippen molar-refractivity contribution in [1.82, 2.24) is 15.0 Å². The van der Waals surface area contributed by atoms with Crippen LogP contribution in [0.3, 0.4) is 0 Å². The summed E-state index contributed by atoms with van der Waals surface area (Å²) in [5.41, 5.74) is 9.04. The third-order valence-electron chi connectivity index (χ3n) is 2.53. The Kier molecular flexibility index (Phi) is 2.56. The van der Waals surface area contributed by atoms with Gasteiger partial charge in [-0.2, -0.15) is 9.97 Å². The zero-order valence-corrected chi connectivity index (χ0v) is 9.65. The van der Waals surface area contributed by atoms with Crippen molar-refractivity contribution in [3.63, 3.8) is 0 Å². The van der Waals surface area contributed by atoms with Gasteiger partial charge < -0.3 is 5.73 Å². The average Bonchev–Trinajstić information content (AvgIpc) is 2.20. The maximum atomic E-state index is 5.60. The molecule has 0 aliphatic carbocycles. The van der Waals surface area contributed by atoms with Crippen molar-refractivity contribution in [3.8, 4) is 11.4 Å². The molecule has 1 aromatic carbocycles. The predicted molar refractivity (Wildman–Crippen MR) is 63.9 cm³/mol. The Bertz CT molecular complexity index is 514. The molecule has 4 nitrogen and oxygen atoms in total. The van der Waals surface area contributed by atoms with E-state index < -0.39 is 0 Å². The number of anilines is 1. The molecule has 4 heteroatoms. The molecule has 0 atom stereocenters. The zero-order valence-electron chi connectivity index (χ0n) is 9.65. The topological polar surface area (TPSA) is 64.7 Å². The Labute approximate surface area is 94.6 Å². The van der Waals surface area contributed by atoms with Crippen molar-refractivity contribution in [1.29, 1.82) is 0 Å².